The van der Waals surface area contributed by atoms with Crippen molar-refractivity contribution in [2.45, 2.75) is 71.6 Å². The van der Waals surface area contributed by atoms with Crippen LogP contribution in [0.15, 0.2) is 18.3 Å². The van der Waals surface area contributed by atoms with Crippen molar-refractivity contribution in [3.05, 3.63) is 24.0 Å². The Morgan fingerprint density at radius 3 is 2.70 bits per heavy atom. The van der Waals surface area contributed by atoms with Gasteiger partial charge in [0.2, 0.25) is 0 Å². The van der Waals surface area contributed by atoms with E-state index >= 15 is 0 Å². The normalized spacial score (nSPS) is 23.6. The van der Waals surface area contributed by atoms with Gasteiger partial charge in [0.15, 0.2) is 0 Å². The molecule has 0 aromatic carbocycles. The second kappa shape index (κ2) is 6.57. The maximum atomic E-state index is 6.04. The lowest BCUT2D eigenvalue weighted by Gasteiger charge is -2.27. The van der Waals surface area contributed by atoms with Gasteiger partial charge in [-0.15, -0.1) is 0 Å². The Morgan fingerprint density at radius 2 is 2.10 bits per heavy atom. The van der Waals surface area contributed by atoms with Crippen LogP contribution in [-0.2, 0) is 6.54 Å². The SMILES string of the molecule is CC1CCCC(Oc2ccc(CNC(C)(C)C)nc2)C1. The lowest BCUT2D eigenvalue weighted by Crippen LogP contribution is -2.35. The van der Waals surface area contributed by atoms with E-state index in [9.17, 15) is 0 Å². The molecule has 112 valence electrons. The fourth-order valence-corrected chi connectivity index (χ4v) is 2.62. The number of nitrogens with one attached hydrogen (secondary N) is 1. The van der Waals surface area contributed by atoms with Crippen molar-refractivity contribution in [3.63, 3.8) is 0 Å². The predicted molar refractivity (Wildman–Crippen MR) is 82.9 cm³/mol. The molecule has 0 bridgehead atoms. The quantitative estimate of drug-likeness (QED) is 0.905. The van der Waals surface area contributed by atoms with Crippen molar-refractivity contribution in [1.29, 1.82) is 0 Å². The van der Waals surface area contributed by atoms with Crippen LogP contribution in [0.25, 0.3) is 0 Å². The van der Waals surface area contributed by atoms with Crippen LogP contribution < -0.4 is 10.1 Å². The fraction of sp³-hybridized carbons (Fsp3) is 0.706. The molecule has 1 aromatic rings. The van der Waals surface area contributed by atoms with Crippen molar-refractivity contribution in [1.82, 2.24) is 10.3 Å². The zero-order chi connectivity index (χ0) is 14.6. The molecule has 20 heavy (non-hydrogen) atoms. The Kier molecular flexibility index (Phi) is 5.03. The van der Waals surface area contributed by atoms with Crippen LogP contribution in [0.1, 0.15) is 59.1 Å². The minimum absolute atomic E-state index is 0.120. The Bertz CT molecular complexity index is 408. The van der Waals surface area contributed by atoms with Crippen molar-refractivity contribution in [2.75, 3.05) is 0 Å². The molecule has 1 aliphatic rings. The van der Waals surface area contributed by atoms with Gasteiger partial charge < -0.3 is 10.1 Å². The van der Waals surface area contributed by atoms with Gasteiger partial charge in [0.25, 0.3) is 0 Å². The number of hydrogen-bond acceptors (Lipinski definition) is 3. The zero-order valence-electron chi connectivity index (χ0n) is 13.3. The molecular formula is C17H28N2O. The molecule has 2 unspecified atom stereocenters. The second-order valence-electron chi connectivity index (χ2n) is 7.10. The zero-order valence-corrected chi connectivity index (χ0v) is 13.3. The highest BCUT2D eigenvalue weighted by Crippen LogP contribution is 2.27. The molecule has 1 saturated carbocycles. The van der Waals surface area contributed by atoms with Crippen molar-refractivity contribution < 1.29 is 4.74 Å². The molecule has 1 aliphatic carbocycles. The molecule has 1 aromatic heterocycles. The average molecular weight is 276 g/mol. The van der Waals surface area contributed by atoms with Gasteiger partial charge in [0, 0.05) is 12.1 Å². The minimum Gasteiger partial charge on any atom is -0.489 e. The highest BCUT2D eigenvalue weighted by Gasteiger charge is 2.20. The molecule has 0 saturated heterocycles. The number of nitrogens with zero attached hydrogens (tertiary/aromatic N) is 1. The van der Waals surface area contributed by atoms with Gasteiger partial charge in [-0.25, -0.2) is 0 Å². The maximum absolute atomic E-state index is 6.04. The summed E-state index contributed by atoms with van der Waals surface area (Å²) in [4.78, 5) is 4.48. The monoisotopic (exact) mass is 276 g/mol. The first kappa shape index (κ1) is 15.3. The van der Waals surface area contributed by atoms with Crippen LogP contribution in [0.3, 0.4) is 0 Å². The van der Waals surface area contributed by atoms with E-state index in [0.29, 0.717) is 6.10 Å². The molecule has 1 heterocycles. The summed E-state index contributed by atoms with van der Waals surface area (Å²) in [6.07, 6.45) is 7.21. The molecule has 1 N–H and O–H groups in total. The highest BCUT2D eigenvalue weighted by molar-refractivity contribution is 5.20. The standard InChI is InChI=1S/C17H28N2O/c1-13-6-5-7-15(10-13)20-16-9-8-14(18-12-16)11-19-17(2,3)4/h8-9,12-13,15,19H,5-7,10-11H2,1-4H3. The molecule has 2 rings (SSSR count). The summed E-state index contributed by atoms with van der Waals surface area (Å²) in [7, 11) is 0. The Balaban J connectivity index is 1.85. The fourth-order valence-electron chi connectivity index (χ4n) is 2.62. The summed E-state index contributed by atoms with van der Waals surface area (Å²) in [6.45, 7) is 9.59. The van der Waals surface area contributed by atoms with Crippen LogP contribution in [-0.4, -0.2) is 16.6 Å². The molecule has 1 fully saturated rings. The summed E-state index contributed by atoms with van der Waals surface area (Å²) in [5, 5.41) is 3.44. The second-order valence-corrected chi connectivity index (χ2v) is 7.10. The van der Waals surface area contributed by atoms with Crippen LogP contribution in [0.4, 0.5) is 0 Å². The number of hydrogen-bond donors (Lipinski definition) is 1. The van der Waals surface area contributed by atoms with Crippen LogP contribution >= 0.6 is 0 Å². The van der Waals surface area contributed by atoms with Gasteiger partial charge >= 0.3 is 0 Å². The molecule has 0 amide bonds. The van der Waals surface area contributed by atoms with E-state index in [0.717, 1.165) is 23.9 Å². The van der Waals surface area contributed by atoms with E-state index < -0.39 is 0 Å². The van der Waals surface area contributed by atoms with Crippen LogP contribution in [0.5, 0.6) is 5.75 Å². The van der Waals surface area contributed by atoms with Gasteiger partial charge in [-0.05, 0) is 58.1 Å². The van der Waals surface area contributed by atoms with Gasteiger partial charge in [-0.3, -0.25) is 4.98 Å². The number of ether oxygens (including phenoxy) is 1. The number of pyridine rings is 1. The van der Waals surface area contributed by atoms with Gasteiger partial charge in [-0.1, -0.05) is 13.3 Å². The van der Waals surface area contributed by atoms with E-state index in [1.165, 1.54) is 25.7 Å². The van der Waals surface area contributed by atoms with Gasteiger partial charge in [-0.2, -0.15) is 0 Å². The first-order chi connectivity index (χ1) is 9.42. The molecule has 0 spiro atoms. The summed E-state index contributed by atoms with van der Waals surface area (Å²) in [6, 6.07) is 4.10. The van der Waals surface area contributed by atoms with E-state index in [-0.39, 0.29) is 5.54 Å². The topological polar surface area (TPSA) is 34.1 Å². The average Bonchev–Trinajstić information content (AvgIpc) is 2.37. The Morgan fingerprint density at radius 1 is 1.30 bits per heavy atom. The maximum Gasteiger partial charge on any atom is 0.138 e. The highest BCUT2D eigenvalue weighted by atomic mass is 16.5. The first-order valence-corrected chi connectivity index (χ1v) is 7.79. The first-order valence-electron chi connectivity index (χ1n) is 7.79. The lowest BCUT2D eigenvalue weighted by atomic mass is 9.89. The van der Waals surface area contributed by atoms with Crippen molar-refractivity contribution >= 4 is 0 Å². The summed E-state index contributed by atoms with van der Waals surface area (Å²) >= 11 is 0. The third-order valence-corrected chi connectivity index (χ3v) is 3.79. The number of aromatic nitrogens is 1. The van der Waals surface area contributed by atoms with Crippen LogP contribution in [0, 0.1) is 5.92 Å². The predicted octanol–water partition coefficient (Wildman–Crippen LogP) is 3.93. The molecule has 3 heteroatoms. The summed E-state index contributed by atoms with van der Waals surface area (Å²) < 4.78 is 6.04. The molecule has 3 nitrogen and oxygen atoms in total. The van der Waals surface area contributed by atoms with E-state index in [2.05, 4.69) is 44.1 Å². The molecule has 0 aliphatic heterocycles. The Labute approximate surface area is 123 Å². The van der Waals surface area contributed by atoms with Crippen LogP contribution in [0.2, 0.25) is 0 Å². The number of rotatable bonds is 4. The van der Waals surface area contributed by atoms with Crippen molar-refractivity contribution in [3.8, 4) is 5.75 Å². The smallest absolute Gasteiger partial charge is 0.138 e. The summed E-state index contributed by atoms with van der Waals surface area (Å²) in [5.41, 5.74) is 1.18. The molecule has 0 radical (unpaired) electrons. The van der Waals surface area contributed by atoms with E-state index in [1.54, 1.807) is 0 Å². The third kappa shape index (κ3) is 5.12. The van der Waals surface area contributed by atoms with Crippen molar-refractivity contribution in [2.24, 2.45) is 5.92 Å². The van der Waals surface area contributed by atoms with E-state index in [1.807, 2.05) is 12.3 Å². The Hall–Kier alpha value is -1.09. The lowest BCUT2D eigenvalue weighted by molar-refractivity contribution is 0.128. The van der Waals surface area contributed by atoms with Gasteiger partial charge in [0.1, 0.15) is 5.75 Å². The molecular weight excluding hydrogens is 248 g/mol. The van der Waals surface area contributed by atoms with Gasteiger partial charge in [0.05, 0.1) is 18.0 Å². The largest absolute Gasteiger partial charge is 0.489 e. The third-order valence-electron chi connectivity index (χ3n) is 3.79. The minimum atomic E-state index is 0.120. The van der Waals surface area contributed by atoms with E-state index in [4.69, 9.17) is 4.74 Å². The molecule has 2 atom stereocenters. The summed E-state index contributed by atoms with van der Waals surface area (Å²) in [5.74, 6) is 1.69.